The SMILES string of the molecule is O=C1O[C@H](c2ccccc2)C[C@@]12Cc1ccccc1C2=O. The molecular weight excluding hydrogens is 264 g/mol. The molecule has 2 aromatic rings. The van der Waals surface area contributed by atoms with Gasteiger partial charge in [-0.2, -0.15) is 0 Å². The van der Waals surface area contributed by atoms with Crippen LogP contribution in [0.1, 0.15) is 34.0 Å². The van der Waals surface area contributed by atoms with Crippen LogP contribution >= 0.6 is 0 Å². The summed E-state index contributed by atoms with van der Waals surface area (Å²) in [5, 5.41) is 0. The van der Waals surface area contributed by atoms with E-state index in [9.17, 15) is 9.59 Å². The molecule has 0 unspecified atom stereocenters. The number of Topliss-reactive ketones (excluding diaryl/α,β-unsaturated/α-hetero) is 1. The Hall–Kier alpha value is -2.42. The quantitative estimate of drug-likeness (QED) is 0.594. The highest BCUT2D eigenvalue weighted by Crippen LogP contribution is 2.50. The maximum atomic E-state index is 12.7. The van der Waals surface area contributed by atoms with E-state index in [1.807, 2.05) is 48.5 Å². The molecule has 4 rings (SSSR count). The molecule has 3 heteroatoms. The molecule has 1 saturated heterocycles. The minimum atomic E-state index is -1.01. The molecule has 0 aromatic heterocycles. The monoisotopic (exact) mass is 278 g/mol. The predicted octanol–water partition coefficient (Wildman–Crippen LogP) is 3.10. The summed E-state index contributed by atoms with van der Waals surface area (Å²) in [6, 6.07) is 17.1. The zero-order chi connectivity index (χ0) is 14.4. The van der Waals surface area contributed by atoms with Crippen molar-refractivity contribution in [2.45, 2.75) is 18.9 Å². The first kappa shape index (κ1) is 12.3. The van der Waals surface area contributed by atoms with Crippen LogP contribution in [0.25, 0.3) is 0 Å². The summed E-state index contributed by atoms with van der Waals surface area (Å²) in [5.74, 6) is -0.459. The first-order valence-corrected chi connectivity index (χ1v) is 7.09. The topological polar surface area (TPSA) is 43.4 Å². The number of ketones is 1. The number of hydrogen-bond acceptors (Lipinski definition) is 3. The molecule has 1 heterocycles. The van der Waals surface area contributed by atoms with Crippen molar-refractivity contribution in [2.75, 3.05) is 0 Å². The molecule has 0 bridgehead atoms. The van der Waals surface area contributed by atoms with Crippen molar-refractivity contribution >= 4 is 11.8 Å². The van der Waals surface area contributed by atoms with Gasteiger partial charge in [-0.1, -0.05) is 54.6 Å². The summed E-state index contributed by atoms with van der Waals surface area (Å²) in [6.45, 7) is 0. The molecule has 1 aliphatic carbocycles. The summed E-state index contributed by atoms with van der Waals surface area (Å²) in [5.41, 5.74) is 1.56. The molecular formula is C18H14O3. The number of fused-ring (bicyclic) bond motifs is 1. The van der Waals surface area contributed by atoms with Crippen LogP contribution in [0.2, 0.25) is 0 Å². The number of ether oxygens (including phenoxy) is 1. The van der Waals surface area contributed by atoms with Gasteiger partial charge >= 0.3 is 5.97 Å². The van der Waals surface area contributed by atoms with Gasteiger partial charge in [-0.15, -0.1) is 0 Å². The van der Waals surface area contributed by atoms with Crippen LogP contribution in [-0.4, -0.2) is 11.8 Å². The molecule has 104 valence electrons. The van der Waals surface area contributed by atoms with E-state index in [0.29, 0.717) is 18.4 Å². The van der Waals surface area contributed by atoms with E-state index in [4.69, 9.17) is 4.74 Å². The number of cyclic esters (lactones) is 1. The first-order chi connectivity index (χ1) is 10.2. The van der Waals surface area contributed by atoms with E-state index in [1.54, 1.807) is 6.07 Å². The Bertz CT molecular complexity index is 735. The van der Waals surface area contributed by atoms with Gasteiger partial charge in [0.2, 0.25) is 0 Å². The van der Waals surface area contributed by atoms with E-state index in [1.165, 1.54) is 0 Å². The third-order valence-corrected chi connectivity index (χ3v) is 4.53. The number of carbonyl (C=O) groups excluding carboxylic acids is 2. The number of esters is 1. The van der Waals surface area contributed by atoms with Crippen LogP contribution in [0.5, 0.6) is 0 Å². The molecule has 2 aromatic carbocycles. The predicted molar refractivity (Wildman–Crippen MR) is 76.8 cm³/mol. The first-order valence-electron chi connectivity index (χ1n) is 7.09. The lowest BCUT2D eigenvalue weighted by Crippen LogP contribution is -2.32. The van der Waals surface area contributed by atoms with Crippen LogP contribution in [0.3, 0.4) is 0 Å². The van der Waals surface area contributed by atoms with Crippen LogP contribution in [0.4, 0.5) is 0 Å². The Balaban J connectivity index is 1.72. The summed E-state index contributed by atoms with van der Waals surface area (Å²) >= 11 is 0. The lowest BCUT2D eigenvalue weighted by molar-refractivity contribution is -0.146. The highest BCUT2D eigenvalue weighted by Gasteiger charge is 2.58. The average molecular weight is 278 g/mol. The summed E-state index contributed by atoms with van der Waals surface area (Å²) in [6.07, 6.45) is 0.574. The second-order valence-electron chi connectivity index (χ2n) is 5.75. The van der Waals surface area contributed by atoms with Gasteiger partial charge in [0.1, 0.15) is 11.5 Å². The Labute approximate surface area is 122 Å². The van der Waals surface area contributed by atoms with Gasteiger partial charge in [0.25, 0.3) is 0 Å². The third-order valence-electron chi connectivity index (χ3n) is 4.53. The molecule has 1 spiro atoms. The maximum Gasteiger partial charge on any atom is 0.321 e. The number of rotatable bonds is 1. The number of hydrogen-bond donors (Lipinski definition) is 0. The van der Waals surface area contributed by atoms with Crippen molar-refractivity contribution < 1.29 is 14.3 Å². The molecule has 2 atom stereocenters. The minimum absolute atomic E-state index is 0.0819. The Morgan fingerprint density at radius 1 is 0.952 bits per heavy atom. The Morgan fingerprint density at radius 2 is 1.67 bits per heavy atom. The zero-order valence-electron chi connectivity index (χ0n) is 11.4. The fourth-order valence-electron chi connectivity index (χ4n) is 3.43. The van der Waals surface area contributed by atoms with Crippen molar-refractivity contribution in [3.8, 4) is 0 Å². The van der Waals surface area contributed by atoms with Gasteiger partial charge in [0.15, 0.2) is 5.78 Å². The van der Waals surface area contributed by atoms with E-state index >= 15 is 0 Å². The van der Waals surface area contributed by atoms with E-state index in [0.717, 1.165) is 11.1 Å². The number of benzene rings is 2. The number of carbonyl (C=O) groups is 2. The van der Waals surface area contributed by atoms with Gasteiger partial charge in [-0.25, -0.2) is 0 Å². The Kier molecular flexibility index (Phi) is 2.52. The smallest absolute Gasteiger partial charge is 0.321 e. The van der Waals surface area contributed by atoms with Crippen molar-refractivity contribution in [1.82, 2.24) is 0 Å². The highest BCUT2D eigenvalue weighted by atomic mass is 16.6. The molecule has 0 saturated carbocycles. The highest BCUT2D eigenvalue weighted by molar-refractivity contribution is 6.16. The van der Waals surface area contributed by atoms with Crippen molar-refractivity contribution in [3.05, 3.63) is 71.3 Å². The van der Waals surface area contributed by atoms with Crippen LogP contribution < -0.4 is 0 Å². The molecule has 3 nitrogen and oxygen atoms in total. The molecule has 2 aliphatic rings. The van der Waals surface area contributed by atoms with Crippen molar-refractivity contribution in [1.29, 1.82) is 0 Å². The van der Waals surface area contributed by atoms with Crippen molar-refractivity contribution in [2.24, 2.45) is 5.41 Å². The lowest BCUT2D eigenvalue weighted by Gasteiger charge is -2.15. The molecule has 21 heavy (non-hydrogen) atoms. The van der Waals surface area contributed by atoms with E-state index < -0.39 is 5.41 Å². The summed E-state index contributed by atoms with van der Waals surface area (Å²) < 4.78 is 5.53. The minimum Gasteiger partial charge on any atom is -0.457 e. The zero-order valence-corrected chi connectivity index (χ0v) is 11.4. The van der Waals surface area contributed by atoms with Crippen LogP contribution in [0, 0.1) is 5.41 Å². The second-order valence-corrected chi connectivity index (χ2v) is 5.75. The Morgan fingerprint density at radius 3 is 2.43 bits per heavy atom. The third kappa shape index (κ3) is 1.67. The fraction of sp³-hybridized carbons (Fsp3) is 0.222. The largest absolute Gasteiger partial charge is 0.457 e. The molecule has 0 N–H and O–H groups in total. The average Bonchev–Trinajstić information content (AvgIpc) is 3.00. The molecule has 0 radical (unpaired) electrons. The van der Waals surface area contributed by atoms with Crippen molar-refractivity contribution in [3.63, 3.8) is 0 Å². The van der Waals surface area contributed by atoms with Gasteiger partial charge in [0, 0.05) is 12.0 Å². The fourth-order valence-corrected chi connectivity index (χ4v) is 3.43. The summed E-state index contributed by atoms with van der Waals surface area (Å²) in [7, 11) is 0. The maximum absolute atomic E-state index is 12.7. The molecule has 0 amide bonds. The normalized spacial score (nSPS) is 27.0. The van der Waals surface area contributed by atoms with Gasteiger partial charge in [-0.3, -0.25) is 9.59 Å². The second kappa shape index (κ2) is 4.29. The summed E-state index contributed by atoms with van der Waals surface area (Å²) in [4.78, 5) is 25.1. The van der Waals surface area contributed by atoms with E-state index in [-0.39, 0.29) is 17.9 Å². The van der Waals surface area contributed by atoms with Gasteiger partial charge < -0.3 is 4.74 Å². The lowest BCUT2D eigenvalue weighted by atomic mass is 9.80. The van der Waals surface area contributed by atoms with E-state index in [2.05, 4.69) is 0 Å². The molecule has 1 aliphatic heterocycles. The van der Waals surface area contributed by atoms with Crippen LogP contribution in [0.15, 0.2) is 54.6 Å². The standard InChI is InChI=1S/C18H14O3/c19-16-14-9-5-4-8-13(14)10-18(16)11-15(21-17(18)20)12-6-2-1-3-7-12/h1-9,15H,10-11H2/t15-,18+/m0/s1. The molecule has 1 fully saturated rings. The van der Waals surface area contributed by atoms with Gasteiger partial charge in [0.05, 0.1) is 0 Å². The van der Waals surface area contributed by atoms with Gasteiger partial charge in [-0.05, 0) is 17.5 Å². The van der Waals surface area contributed by atoms with Crippen LogP contribution in [-0.2, 0) is 16.0 Å².